The normalized spacial score (nSPS) is 18.6. The summed E-state index contributed by atoms with van der Waals surface area (Å²) in [5.41, 5.74) is 0.923. The standard InChI is InChI=1S/C29H30ClF3N6O4S/c1-17-5-3-4-6-19(12-20(11-17)38-7-9-39(10-8-38)25(41)16-40)26(42)36-18(2)28-35-15-23(44-28)27(43)37-24-13-21(29(31,32)33)22(30)14-34-24/h3,5,11-15,18,40H,1,4,6-10,16H2,2H3,(H,36,42)(H,34,37,43)/b5-3-,19-12+,20-11?/t18-/m1/s1. The molecule has 0 spiro atoms. The molecule has 0 bridgehead atoms. The number of pyridine rings is 1. The van der Waals surface area contributed by atoms with Crippen LogP contribution in [0.15, 0.2) is 66.2 Å². The van der Waals surface area contributed by atoms with Crippen LogP contribution in [0.3, 0.4) is 0 Å². The van der Waals surface area contributed by atoms with Gasteiger partial charge < -0.3 is 25.5 Å². The Balaban J connectivity index is 1.44. The van der Waals surface area contributed by atoms with Gasteiger partial charge in [-0.05, 0) is 43.6 Å². The van der Waals surface area contributed by atoms with Crippen molar-refractivity contribution in [2.45, 2.75) is 32.0 Å². The molecular weight excluding hydrogens is 621 g/mol. The Labute approximate surface area is 260 Å². The minimum Gasteiger partial charge on any atom is -0.387 e. The minimum atomic E-state index is -4.72. The van der Waals surface area contributed by atoms with E-state index < -0.39 is 35.3 Å². The van der Waals surface area contributed by atoms with Crippen LogP contribution in [0.25, 0.3) is 0 Å². The summed E-state index contributed by atoms with van der Waals surface area (Å²) in [4.78, 5) is 49.7. The van der Waals surface area contributed by atoms with E-state index in [1.54, 1.807) is 17.9 Å². The molecule has 0 saturated carbocycles. The average Bonchev–Trinajstić information content (AvgIpc) is 3.51. The van der Waals surface area contributed by atoms with E-state index in [4.69, 9.17) is 16.7 Å². The summed E-state index contributed by atoms with van der Waals surface area (Å²) in [6.45, 7) is 7.13. The van der Waals surface area contributed by atoms with E-state index in [9.17, 15) is 27.6 Å². The molecule has 1 atom stereocenters. The summed E-state index contributed by atoms with van der Waals surface area (Å²) in [5.74, 6) is -1.69. The number of halogens is 4. The van der Waals surface area contributed by atoms with Crippen molar-refractivity contribution in [3.63, 3.8) is 0 Å². The summed E-state index contributed by atoms with van der Waals surface area (Å²) in [6, 6.07) is 0.0663. The number of nitrogens with zero attached hydrogens (tertiary/aromatic N) is 4. The van der Waals surface area contributed by atoms with E-state index in [0.717, 1.165) is 28.8 Å². The Kier molecular flexibility index (Phi) is 10.6. The number of aliphatic hydroxyl groups is 1. The molecule has 3 N–H and O–H groups in total. The number of carbonyl (C=O) groups excluding carboxylic acids is 3. The summed E-state index contributed by atoms with van der Waals surface area (Å²) < 4.78 is 39.5. The predicted molar refractivity (Wildman–Crippen MR) is 160 cm³/mol. The van der Waals surface area contributed by atoms with Crippen LogP contribution in [0.2, 0.25) is 5.02 Å². The Morgan fingerprint density at radius 3 is 2.55 bits per heavy atom. The molecule has 2 aliphatic rings. The fourth-order valence-corrected chi connectivity index (χ4v) is 5.55. The molecule has 0 unspecified atom stereocenters. The van der Waals surface area contributed by atoms with Crippen LogP contribution >= 0.6 is 22.9 Å². The first kappa shape index (κ1) is 32.9. The van der Waals surface area contributed by atoms with E-state index in [1.807, 2.05) is 18.2 Å². The number of allylic oxidation sites excluding steroid dienone is 5. The SMILES string of the molecule is C=C1C=C(N2CCN(C(=O)CO)CC2)/C=C(/C(=O)N[C@H](C)c2ncc(C(=O)Nc3cc(C(F)(F)F)c(Cl)cn3)s2)CC/C=C\1. The summed E-state index contributed by atoms with van der Waals surface area (Å²) >= 11 is 6.58. The van der Waals surface area contributed by atoms with Gasteiger partial charge in [-0.3, -0.25) is 14.4 Å². The van der Waals surface area contributed by atoms with Crippen molar-refractivity contribution in [3.05, 3.63) is 86.7 Å². The molecule has 2 aromatic heterocycles. The zero-order valence-electron chi connectivity index (χ0n) is 23.7. The van der Waals surface area contributed by atoms with Crippen molar-refractivity contribution >= 4 is 46.5 Å². The fourth-order valence-electron chi connectivity index (χ4n) is 4.53. The number of piperazine rings is 1. The summed E-state index contributed by atoms with van der Waals surface area (Å²) in [6.07, 6.45) is 5.91. The van der Waals surface area contributed by atoms with Gasteiger partial charge in [0.1, 0.15) is 22.3 Å². The lowest BCUT2D eigenvalue weighted by atomic mass is 10.1. The van der Waals surface area contributed by atoms with Crippen LogP contribution in [0, 0.1) is 0 Å². The topological polar surface area (TPSA) is 128 Å². The molecule has 1 aliphatic heterocycles. The predicted octanol–water partition coefficient (Wildman–Crippen LogP) is 4.49. The van der Waals surface area contributed by atoms with Crippen molar-refractivity contribution in [1.29, 1.82) is 0 Å². The van der Waals surface area contributed by atoms with Crippen LogP contribution < -0.4 is 10.6 Å². The Bertz CT molecular complexity index is 1530. The number of amides is 3. The number of carbonyl (C=O) groups is 3. The third-order valence-corrected chi connectivity index (χ3v) is 8.34. The molecule has 0 radical (unpaired) electrons. The maximum Gasteiger partial charge on any atom is 0.418 e. The first-order chi connectivity index (χ1) is 20.8. The zero-order chi connectivity index (χ0) is 32.0. The second-order valence-electron chi connectivity index (χ2n) is 10.0. The van der Waals surface area contributed by atoms with Gasteiger partial charge in [-0.25, -0.2) is 9.97 Å². The van der Waals surface area contributed by atoms with Gasteiger partial charge in [-0.2, -0.15) is 13.2 Å². The van der Waals surface area contributed by atoms with Crippen LogP contribution in [-0.2, 0) is 15.8 Å². The average molecular weight is 651 g/mol. The van der Waals surface area contributed by atoms with Gasteiger partial charge in [0.05, 0.1) is 22.8 Å². The highest BCUT2D eigenvalue weighted by molar-refractivity contribution is 7.13. The second kappa shape index (κ2) is 14.2. The Hall–Kier alpha value is -4.01. The highest BCUT2D eigenvalue weighted by atomic mass is 35.5. The van der Waals surface area contributed by atoms with E-state index in [2.05, 4.69) is 32.1 Å². The summed E-state index contributed by atoms with van der Waals surface area (Å²) in [7, 11) is 0. The summed E-state index contributed by atoms with van der Waals surface area (Å²) in [5, 5.41) is 14.2. The number of aromatic nitrogens is 2. The number of nitrogens with one attached hydrogen (secondary N) is 2. The third-order valence-electron chi connectivity index (χ3n) is 6.86. The molecule has 1 fully saturated rings. The quantitative estimate of drug-likeness (QED) is 0.403. The van der Waals surface area contributed by atoms with Gasteiger partial charge in [0, 0.05) is 43.6 Å². The number of hydrogen-bond donors (Lipinski definition) is 3. The van der Waals surface area contributed by atoms with Crippen molar-refractivity contribution < 1.29 is 32.7 Å². The number of hydrogen-bond acceptors (Lipinski definition) is 8. The largest absolute Gasteiger partial charge is 0.418 e. The number of thiazole rings is 1. The van der Waals surface area contributed by atoms with Crippen LogP contribution in [0.5, 0.6) is 0 Å². The molecule has 3 heterocycles. The number of rotatable bonds is 7. The van der Waals surface area contributed by atoms with Crippen LogP contribution in [-0.4, -0.2) is 75.4 Å². The zero-order valence-corrected chi connectivity index (χ0v) is 25.2. The maximum atomic E-state index is 13.4. The molecule has 0 aromatic carbocycles. The van der Waals surface area contributed by atoms with Gasteiger partial charge in [0.15, 0.2) is 0 Å². The lowest BCUT2D eigenvalue weighted by Gasteiger charge is -2.36. The molecule has 3 amide bonds. The highest BCUT2D eigenvalue weighted by Crippen LogP contribution is 2.35. The lowest BCUT2D eigenvalue weighted by Crippen LogP contribution is -2.48. The van der Waals surface area contributed by atoms with Gasteiger partial charge >= 0.3 is 6.18 Å². The van der Waals surface area contributed by atoms with Crippen molar-refractivity contribution in [2.75, 3.05) is 38.1 Å². The molecule has 2 aromatic rings. The first-order valence-corrected chi connectivity index (χ1v) is 14.8. The monoisotopic (exact) mass is 650 g/mol. The highest BCUT2D eigenvalue weighted by Gasteiger charge is 2.34. The maximum absolute atomic E-state index is 13.4. The van der Waals surface area contributed by atoms with Crippen molar-refractivity contribution in [2.24, 2.45) is 0 Å². The van der Waals surface area contributed by atoms with E-state index >= 15 is 0 Å². The van der Waals surface area contributed by atoms with Gasteiger partial charge in [-0.15, -0.1) is 11.3 Å². The number of alkyl halides is 3. The van der Waals surface area contributed by atoms with Crippen molar-refractivity contribution in [1.82, 2.24) is 25.1 Å². The Morgan fingerprint density at radius 1 is 1.14 bits per heavy atom. The van der Waals surface area contributed by atoms with Crippen LogP contribution in [0.4, 0.5) is 19.0 Å². The van der Waals surface area contributed by atoms with Gasteiger partial charge in [0.2, 0.25) is 11.8 Å². The molecule has 1 saturated heterocycles. The van der Waals surface area contributed by atoms with E-state index in [-0.39, 0.29) is 22.5 Å². The van der Waals surface area contributed by atoms with Crippen molar-refractivity contribution in [3.8, 4) is 0 Å². The van der Waals surface area contributed by atoms with Gasteiger partial charge in [0.25, 0.3) is 5.91 Å². The minimum absolute atomic E-state index is 0.112. The molecule has 234 valence electrons. The second-order valence-corrected chi connectivity index (χ2v) is 11.5. The smallest absolute Gasteiger partial charge is 0.387 e. The molecule has 44 heavy (non-hydrogen) atoms. The third kappa shape index (κ3) is 8.33. The number of anilines is 1. The molecular formula is C29H30ClF3N6O4S. The first-order valence-electron chi connectivity index (χ1n) is 13.6. The molecule has 1 aliphatic carbocycles. The Morgan fingerprint density at radius 2 is 1.86 bits per heavy atom. The molecule has 15 heteroatoms. The van der Waals surface area contributed by atoms with Crippen LogP contribution in [0.1, 0.15) is 46.0 Å². The van der Waals surface area contributed by atoms with E-state index in [0.29, 0.717) is 55.7 Å². The lowest BCUT2D eigenvalue weighted by molar-refractivity contribution is -0.137. The molecule has 10 nitrogen and oxygen atoms in total. The van der Waals surface area contributed by atoms with Gasteiger partial charge in [-0.1, -0.05) is 30.3 Å². The fraction of sp³-hybridized carbons (Fsp3) is 0.345. The van der Waals surface area contributed by atoms with E-state index in [1.165, 1.54) is 6.20 Å². The molecule has 4 rings (SSSR count). The number of aliphatic hydroxyl groups excluding tert-OH is 1.